The fraction of sp³-hybridized carbons (Fsp3) is 0.250. The molecule has 0 atom stereocenters. The van der Waals surface area contributed by atoms with Gasteiger partial charge in [0, 0.05) is 11.8 Å². The zero-order chi connectivity index (χ0) is 16.5. The van der Waals surface area contributed by atoms with Gasteiger partial charge in [-0.3, -0.25) is 0 Å². The summed E-state index contributed by atoms with van der Waals surface area (Å²) in [6.07, 6.45) is 0. The van der Waals surface area contributed by atoms with E-state index in [0.29, 0.717) is 5.69 Å². The molecule has 118 valence electrons. The Kier molecular flexibility index (Phi) is 6.69. The van der Waals surface area contributed by atoms with Gasteiger partial charge < -0.3 is 19.2 Å². The molecule has 1 heterocycles. The van der Waals surface area contributed by atoms with Crippen molar-refractivity contribution in [3.8, 4) is 5.75 Å². The third-order valence-corrected chi connectivity index (χ3v) is 2.55. The predicted molar refractivity (Wildman–Crippen MR) is 83.9 cm³/mol. The van der Waals surface area contributed by atoms with E-state index in [9.17, 15) is 9.59 Å². The first kappa shape index (κ1) is 17.3. The number of nitrogens with one attached hydrogen (secondary N) is 1. The second-order valence-electron chi connectivity index (χ2n) is 3.83. The van der Waals surface area contributed by atoms with Gasteiger partial charge in [0.05, 0.1) is 19.9 Å². The number of ether oxygens (including phenoxy) is 2. The summed E-state index contributed by atoms with van der Waals surface area (Å²) in [7, 11) is 2.55. The van der Waals surface area contributed by atoms with Crippen LogP contribution in [-0.2, 0) is 4.74 Å². The van der Waals surface area contributed by atoms with Gasteiger partial charge in [-0.05, 0) is 12.1 Å². The van der Waals surface area contributed by atoms with E-state index < -0.39 is 11.6 Å². The standard InChI is InChI=1S/C14H13NO5.C2H6/c1-18-12-10(15-9-6-4-3-5-7-9)8-11(13(16)19-2)20-14(12)17;1-2/h3-8,15H,1-2H3;1-2H3. The summed E-state index contributed by atoms with van der Waals surface area (Å²) in [5, 5.41) is 2.99. The second kappa shape index (κ2) is 8.51. The van der Waals surface area contributed by atoms with Gasteiger partial charge in [0.2, 0.25) is 11.5 Å². The Morgan fingerprint density at radius 2 is 1.77 bits per heavy atom. The fourth-order valence-electron chi connectivity index (χ4n) is 1.65. The van der Waals surface area contributed by atoms with Crippen LogP contribution in [-0.4, -0.2) is 20.2 Å². The number of anilines is 2. The highest BCUT2D eigenvalue weighted by Gasteiger charge is 2.17. The molecule has 1 aromatic heterocycles. The number of esters is 1. The molecule has 0 saturated carbocycles. The highest BCUT2D eigenvalue weighted by molar-refractivity contribution is 5.88. The van der Waals surface area contributed by atoms with E-state index in [-0.39, 0.29) is 11.5 Å². The molecule has 0 aliphatic rings. The van der Waals surface area contributed by atoms with Crippen LogP contribution in [0.5, 0.6) is 5.75 Å². The quantitative estimate of drug-likeness (QED) is 0.874. The van der Waals surface area contributed by atoms with Crippen molar-refractivity contribution in [3.63, 3.8) is 0 Å². The average Bonchev–Trinajstić information content (AvgIpc) is 2.56. The monoisotopic (exact) mass is 305 g/mol. The molecule has 0 unspecified atom stereocenters. The predicted octanol–water partition coefficient (Wildman–Crippen LogP) is 3.20. The van der Waals surface area contributed by atoms with E-state index in [1.54, 1.807) is 0 Å². The van der Waals surface area contributed by atoms with Gasteiger partial charge in [0.15, 0.2) is 0 Å². The molecule has 0 aliphatic heterocycles. The molecule has 0 bridgehead atoms. The van der Waals surface area contributed by atoms with Crippen LogP contribution < -0.4 is 15.7 Å². The number of hydrogen-bond acceptors (Lipinski definition) is 6. The third-order valence-electron chi connectivity index (χ3n) is 2.55. The summed E-state index contributed by atoms with van der Waals surface area (Å²) in [4.78, 5) is 23.2. The van der Waals surface area contributed by atoms with Crippen LogP contribution in [0.15, 0.2) is 45.6 Å². The van der Waals surface area contributed by atoms with Gasteiger partial charge in [-0.25, -0.2) is 9.59 Å². The first-order valence-electron chi connectivity index (χ1n) is 6.78. The second-order valence-corrected chi connectivity index (χ2v) is 3.83. The molecular weight excluding hydrogens is 286 g/mol. The molecule has 0 saturated heterocycles. The molecule has 6 nitrogen and oxygen atoms in total. The molecule has 22 heavy (non-hydrogen) atoms. The minimum absolute atomic E-state index is 0.0125. The fourth-order valence-corrected chi connectivity index (χ4v) is 1.65. The summed E-state index contributed by atoms with van der Waals surface area (Å²) < 4.78 is 14.4. The summed E-state index contributed by atoms with van der Waals surface area (Å²) in [5.41, 5.74) is 0.316. The lowest BCUT2D eigenvalue weighted by Crippen LogP contribution is -2.12. The maximum Gasteiger partial charge on any atom is 0.381 e. The molecule has 0 amide bonds. The Hall–Kier alpha value is -2.76. The van der Waals surface area contributed by atoms with Gasteiger partial charge in [-0.15, -0.1) is 0 Å². The summed E-state index contributed by atoms with van der Waals surface area (Å²) in [5.74, 6) is -0.945. The molecule has 1 aromatic carbocycles. The highest BCUT2D eigenvalue weighted by atomic mass is 16.5. The van der Waals surface area contributed by atoms with Gasteiger partial charge >= 0.3 is 11.6 Å². The molecule has 0 spiro atoms. The zero-order valence-corrected chi connectivity index (χ0v) is 13.0. The Labute approximate surface area is 128 Å². The Bertz CT molecular complexity index is 664. The summed E-state index contributed by atoms with van der Waals surface area (Å²) in [6, 6.07) is 10.5. The number of para-hydroxylation sites is 1. The van der Waals surface area contributed by atoms with E-state index in [1.165, 1.54) is 20.3 Å². The first-order chi connectivity index (χ1) is 10.7. The molecular formula is C16H19NO5. The van der Waals surface area contributed by atoms with E-state index in [1.807, 2.05) is 44.2 Å². The Morgan fingerprint density at radius 1 is 1.14 bits per heavy atom. The van der Waals surface area contributed by atoms with E-state index >= 15 is 0 Å². The first-order valence-corrected chi connectivity index (χ1v) is 6.78. The van der Waals surface area contributed by atoms with Crippen molar-refractivity contribution < 1.29 is 18.7 Å². The number of carbonyl (C=O) groups is 1. The number of rotatable bonds is 4. The largest absolute Gasteiger partial charge is 0.488 e. The van der Waals surface area contributed by atoms with E-state index in [0.717, 1.165) is 5.69 Å². The van der Waals surface area contributed by atoms with Gasteiger partial charge in [0.1, 0.15) is 0 Å². The molecule has 0 aliphatic carbocycles. The van der Waals surface area contributed by atoms with Crippen LogP contribution in [0.3, 0.4) is 0 Å². The van der Waals surface area contributed by atoms with Gasteiger partial charge in [-0.1, -0.05) is 32.0 Å². The SMILES string of the molecule is CC.COC(=O)c1cc(Nc2ccccc2)c(OC)c(=O)o1. The minimum Gasteiger partial charge on any atom is -0.488 e. The maximum atomic E-state index is 11.8. The molecule has 6 heteroatoms. The molecule has 0 fully saturated rings. The van der Waals surface area contributed by atoms with Crippen LogP contribution in [0.4, 0.5) is 11.4 Å². The number of hydrogen-bond donors (Lipinski definition) is 1. The van der Waals surface area contributed by atoms with Crippen molar-refractivity contribution in [1.29, 1.82) is 0 Å². The average molecular weight is 305 g/mol. The van der Waals surface area contributed by atoms with Crippen molar-refractivity contribution in [2.24, 2.45) is 0 Å². The van der Waals surface area contributed by atoms with E-state index in [2.05, 4.69) is 10.1 Å². The van der Waals surface area contributed by atoms with Crippen LogP contribution in [0.1, 0.15) is 24.4 Å². The Balaban J connectivity index is 0.00000116. The highest BCUT2D eigenvalue weighted by Crippen LogP contribution is 2.25. The van der Waals surface area contributed by atoms with Crippen molar-refractivity contribution in [2.75, 3.05) is 19.5 Å². The van der Waals surface area contributed by atoms with E-state index in [4.69, 9.17) is 9.15 Å². The maximum absolute atomic E-state index is 11.8. The summed E-state index contributed by atoms with van der Waals surface area (Å²) >= 11 is 0. The topological polar surface area (TPSA) is 77.8 Å². The smallest absolute Gasteiger partial charge is 0.381 e. The van der Waals surface area contributed by atoms with Crippen molar-refractivity contribution in [2.45, 2.75) is 13.8 Å². The summed E-state index contributed by atoms with van der Waals surface area (Å²) in [6.45, 7) is 4.00. The normalized spacial score (nSPS) is 9.27. The molecule has 0 radical (unpaired) electrons. The van der Waals surface area contributed by atoms with Gasteiger partial charge in [0.25, 0.3) is 0 Å². The molecule has 1 N–H and O–H groups in total. The molecule has 2 aromatic rings. The van der Waals surface area contributed by atoms with Crippen LogP contribution in [0.2, 0.25) is 0 Å². The lowest BCUT2D eigenvalue weighted by atomic mass is 10.2. The number of carbonyl (C=O) groups excluding carboxylic acids is 1. The van der Waals surface area contributed by atoms with Crippen molar-refractivity contribution >= 4 is 17.3 Å². The number of benzene rings is 1. The van der Waals surface area contributed by atoms with Crippen LogP contribution in [0.25, 0.3) is 0 Å². The lowest BCUT2D eigenvalue weighted by molar-refractivity contribution is 0.0559. The molecule has 2 rings (SSSR count). The van der Waals surface area contributed by atoms with Gasteiger partial charge in [-0.2, -0.15) is 0 Å². The van der Waals surface area contributed by atoms with Crippen LogP contribution in [0, 0.1) is 0 Å². The zero-order valence-electron chi connectivity index (χ0n) is 13.0. The Morgan fingerprint density at radius 3 is 2.32 bits per heavy atom. The third kappa shape index (κ3) is 4.12. The van der Waals surface area contributed by atoms with Crippen molar-refractivity contribution in [3.05, 3.63) is 52.6 Å². The number of methoxy groups -OCH3 is 2. The minimum atomic E-state index is -0.756. The lowest BCUT2D eigenvalue weighted by Gasteiger charge is -2.10. The van der Waals surface area contributed by atoms with Crippen molar-refractivity contribution in [1.82, 2.24) is 0 Å². The van der Waals surface area contributed by atoms with Crippen LogP contribution >= 0.6 is 0 Å².